The van der Waals surface area contributed by atoms with Crippen LogP contribution in [0.15, 0.2) is 48.5 Å². The predicted molar refractivity (Wildman–Crippen MR) is 96.6 cm³/mol. The van der Waals surface area contributed by atoms with E-state index in [1.165, 1.54) is 6.07 Å². The van der Waals surface area contributed by atoms with Gasteiger partial charge in [-0.15, -0.1) is 0 Å². The average molecular weight is 392 g/mol. The molecule has 2 N–H and O–H groups in total. The number of halogens is 3. The minimum Gasteiger partial charge on any atom is -0.432 e. The lowest BCUT2D eigenvalue weighted by atomic mass is 9.64. The van der Waals surface area contributed by atoms with E-state index >= 15 is 0 Å². The number of amides is 2. The van der Waals surface area contributed by atoms with E-state index in [4.69, 9.17) is 0 Å². The molecule has 0 heterocycles. The standard InChI is InChI=1S/C20H19F3N2O3/c21-15-11-14(7-8-16(15)28-19(22)23)25-18(27)17(26)24-12-20(9-4-10-20)13-5-2-1-3-6-13/h1-3,5-8,11,19H,4,9-10,12H2,(H,24,26)(H,25,27). The second kappa shape index (κ2) is 8.33. The van der Waals surface area contributed by atoms with Crippen LogP contribution in [0.5, 0.6) is 5.75 Å². The molecule has 0 unspecified atom stereocenters. The van der Waals surface area contributed by atoms with Gasteiger partial charge < -0.3 is 15.4 Å². The van der Waals surface area contributed by atoms with Crippen LogP contribution in [0.2, 0.25) is 0 Å². The molecule has 0 saturated heterocycles. The average Bonchev–Trinajstić information content (AvgIpc) is 2.63. The number of benzene rings is 2. The van der Waals surface area contributed by atoms with Crippen molar-refractivity contribution in [2.24, 2.45) is 0 Å². The third kappa shape index (κ3) is 4.44. The first-order valence-electron chi connectivity index (χ1n) is 8.79. The highest BCUT2D eigenvalue weighted by Crippen LogP contribution is 2.43. The minimum absolute atomic E-state index is 0.0410. The molecular formula is C20H19F3N2O3. The summed E-state index contributed by atoms with van der Waals surface area (Å²) in [5.41, 5.74) is 0.886. The Morgan fingerprint density at radius 1 is 1.07 bits per heavy atom. The van der Waals surface area contributed by atoms with Crippen molar-refractivity contribution in [2.75, 3.05) is 11.9 Å². The molecule has 2 aromatic carbocycles. The predicted octanol–water partition coefficient (Wildman–Crippen LogP) is 3.60. The maximum atomic E-state index is 13.7. The molecule has 28 heavy (non-hydrogen) atoms. The summed E-state index contributed by atoms with van der Waals surface area (Å²) in [7, 11) is 0. The van der Waals surface area contributed by atoms with Gasteiger partial charge >= 0.3 is 18.4 Å². The van der Waals surface area contributed by atoms with Gasteiger partial charge in [0.25, 0.3) is 0 Å². The Morgan fingerprint density at radius 2 is 1.79 bits per heavy atom. The van der Waals surface area contributed by atoms with Crippen molar-refractivity contribution in [1.29, 1.82) is 0 Å². The molecule has 0 aliphatic heterocycles. The number of hydrogen-bond acceptors (Lipinski definition) is 3. The number of alkyl halides is 2. The fourth-order valence-corrected chi connectivity index (χ4v) is 3.25. The largest absolute Gasteiger partial charge is 0.432 e. The molecule has 8 heteroatoms. The molecule has 1 aliphatic rings. The molecule has 2 aromatic rings. The fourth-order valence-electron chi connectivity index (χ4n) is 3.25. The van der Waals surface area contributed by atoms with E-state index in [2.05, 4.69) is 15.4 Å². The van der Waals surface area contributed by atoms with Crippen LogP contribution in [0.1, 0.15) is 24.8 Å². The van der Waals surface area contributed by atoms with E-state index < -0.39 is 30.0 Å². The summed E-state index contributed by atoms with van der Waals surface area (Å²) in [5.74, 6) is -3.54. The van der Waals surface area contributed by atoms with Crippen molar-refractivity contribution in [3.63, 3.8) is 0 Å². The Hall–Kier alpha value is -3.03. The van der Waals surface area contributed by atoms with Gasteiger partial charge in [-0.1, -0.05) is 36.8 Å². The van der Waals surface area contributed by atoms with Crippen molar-refractivity contribution in [1.82, 2.24) is 5.32 Å². The van der Waals surface area contributed by atoms with Crippen LogP contribution in [0, 0.1) is 5.82 Å². The molecule has 0 spiro atoms. The fraction of sp³-hybridized carbons (Fsp3) is 0.300. The van der Waals surface area contributed by atoms with Gasteiger partial charge in [0.1, 0.15) is 0 Å². The smallest absolute Gasteiger partial charge is 0.387 e. The normalized spacial score (nSPS) is 14.9. The van der Waals surface area contributed by atoms with Gasteiger partial charge in [-0.2, -0.15) is 8.78 Å². The van der Waals surface area contributed by atoms with E-state index in [-0.39, 0.29) is 11.1 Å². The Bertz CT molecular complexity index is 855. The summed E-state index contributed by atoms with van der Waals surface area (Å²) >= 11 is 0. The Kier molecular flexibility index (Phi) is 5.87. The topological polar surface area (TPSA) is 67.4 Å². The van der Waals surface area contributed by atoms with Crippen molar-refractivity contribution in [2.45, 2.75) is 31.3 Å². The molecular weight excluding hydrogens is 373 g/mol. The summed E-state index contributed by atoms with van der Waals surface area (Å²) < 4.78 is 42.0. The van der Waals surface area contributed by atoms with Gasteiger partial charge in [-0.3, -0.25) is 9.59 Å². The van der Waals surface area contributed by atoms with Crippen LogP contribution in [0.4, 0.5) is 18.9 Å². The molecule has 1 saturated carbocycles. The van der Waals surface area contributed by atoms with Crippen LogP contribution in [-0.2, 0) is 15.0 Å². The van der Waals surface area contributed by atoms with Gasteiger partial charge in [0.2, 0.25) is 0 Å². The number of nitrogens with one attached hydrogen (secondary N) is 2. The molecule has 0 aromatic heterocycles. The molecule has 0 radical (unpaired) electrons. The molecule has 148 valence electrons. The van der Waals surface area contributed by atoms with E-state index in [9.17, 15) is 22.8 Å². The summed E-state index contributed by atoms with van der Waals surface area (Å²) in [4.78, 5) is 24.2. The first kappa shape index (κ1) is 19.7. The lowest BCUT2D eigenvalue weighted by Gasteiger charge is -2.42. The van der Waals surface area contributed by atoms with Crippen LogP contribution < -0.4 is 15.4 Å². The number of anilines is 1. The Labute approximate surface area is 159 Å². The van der Waals surface area contributed by atoms with Crippen LogP contribution in [0.25, 0.3) is 0 Å². The highest BCUT2D eigenvalue weighted by molar-refractivity contribution is 6.39. The lowest BCUT2D eigenvalue weighted by molar-refractivity contribution is -0.136. The summed E-state index contributed by atoms with van der Waals surface area (Å²) in [6.45, 7) is -2.84. The lowest BCUT2D eigenvalue weighted by Crippen LogP contribution is -2.48. The van der Waals surface area contributed by atoms with Crippen molar-refractivity contribution >= 4 is 17.5 Å². The van der Waals surface area contributed by atoms with E-state index in [1.54, 1.807) is 0 Å². The van der Waals surface area contributed by atoms with Gasteiger partial charge in [0.15, 0.2) is 11.6 Å². The van der Waals surface area contributed by atoms with Gasteiger partial charge in [-0.25, -0.2) is 4.39 Å². The first-order chi connectivity index (χ1) is 13.4. The first-order valence-corrected chi connectivity index (χ1v) is 8.79. The molecule has 0 bridgehead atoms. The maximum absolute atomic E-state index is 13.7. The van der Waals surface area contributed by atoms with Crippen molar-refractivity contribution in [3.05, 3.63) is 59.9 Å². The number of ether oxygens (including phenoxy) is 1. The zero-order valence-electron chi connectivity index (χ0n) is 14.9. The van der Waals surface area contributed by atoms with Crippen molar-refractivity contribution < 1.29 is 27.5 Å². The second-order valence-corrected chi connectivity index (χ2v) is 6.66. The second-order valence-electron chi connectivity index (χ2n) is 6.66. The number of carbonyl (C=O) groups is 2. The quantitative estimate of drug-likeness (QED) is 0.738. The highest BCUT2D eigenvalue weighted by Gasteiger charge is 2.39. The third-order valence-corrected chi connectivity index (χ3v) is 4.90. The number of rotatable bonds is 6. The van der Waals surface area contributed by atoms with E-state index in [1.807, 2.05) is 30.3 Å². The van der Waals surface area contributed by atoms with Crippen LogP contribution in [0.3, 0.4) is 0 Å². The van der Waals surface area contributed by atoms with E-state index in [0.29, 0.717) is 6.54 Å². The molecule has 1 aliphatic carbocycles. The van der Waals surface area contributed by atoms with Gasteiger partial charge in [0, 0.05) is 23.7 Å². The van der Waals surface area contributed by atoms with E-state index in [0.717, 1.165) is 37.0 Å². The zero-order chi connectivity index (χ0) is 20.1. The monoisotopic (exact) mass is 392 g/mol. The highest BCUT2D eigenvalue weighted by atomic mass is 19.3. The molecule has 2 amide bonds. The number of carbonyl (C=O) groups excluding carboxylic acids is 2. The summed E-state index contributed by atoms with van der Waals surface area (Å²) in [6, 6.07) is 12.7. The van der Waals surface area contributed by atoms with Gasteiger partial charge in [-0.05, 0) is 30.5 Å². The zero-order valence-corrected chi connectivity index (χ0v) is 14.9. The maximum Gasteiger partial charge on any atom is 0.387 e. The summed E-state index contributed by atoms with van der Waals surface area (Å²) in [5, 5.41) is 4.87. The summed E-state index contributed by atoms with van der Waals surface area (Å²) in [6.07, 6.45) is 2.87. The third-order valence-electron chi connectivity index (χ3n) is 4.90. The van der Waals surface area contributed by atoms with Gasteiger partial charge in [0.05, 0.1) is 0 Å². The Morgan fingerprint density at radius 3 is 2.36 bits per heavy atom. The number of hydrogen-bond donors (Lipinski definition) is 2. The molecule has 0 atom stereocenters. The minimum atomic E-state index is -3.16. The Balaban J connectivity index is 1.58. The van der Waals surface area contributed by atoms with Crippen LogP contribution in [-0.4, -0.2) is 25.0 Å². The van der Waals surface area contributed by atoms with Crippen LogP contribution >= 0.6 is 0 Å². The molecule has 3 rings (SSSR count). The SMILES string of the molecule is O=C(NCC1(c2ccccc2)CCC1)C(=O)Nc1ccc(OC(F)F)c(F)c1. The molecule has 5 nitrogen and oxygen atoms in total. The van der Waals surface area contributed by atoms with Crippen molar-refractivity contribution in [3.8, 4) is 5.75 Å². The molecule has 1 fully saturated rings.